The van der Waals surface area contributed by atoms with Crippen LogP contribution in [0.3, 0.4) is 0 Å². The summed E-state index contributed by atoms with van der Waals surface area (Å²) in [7, 11) is 0. The lowest BCUT2D eigenvalue weighted by molar-refractivity contribution is 0.558. The Bertz CT molecular complexity index is 516. The summed E-state index contributed by atoms with van der Waals surface area (Å²) in [5.74, 6) is 0. The second kappa shape index (κ2) is 4.28. The Morgan fingerprint density at radius 1 is 1.27 bits per heavy atom. The Balaban J connectivity index is 2.55. The van der Waals surface area contributed by atoms with Crippen molar-refractivity contribution in [2.45, 2.75) is 12.8 Å². The Morgan fingerprint density at radius 3 is 2.87 bits per heavy atom. The van der Waals surface area contributed by atoms with Gasteiger partial charge in [-0.2, -0.15) is 0 Å². The third-order valence-electron chi connectivity index (χ3n) is 2.39. The van der Waals surface area contributed by atoms with Crippen LogP contribution in [0.25, 0.3) is 11.0 Å². The van der Waals surface area contributed by atoms with Crippen LogP contribution in [0.5, 0.6) is 0 Å². The maximum absolute atomic E-state index is 11.3. The molecule has 2 rings (SSSR count). The Hall–Kier alpha value is -1.61. The maximum Gasteiger partial charge on any atom is 0.336 e. The van der Waals surface area contributed by atoms with Gasteiger partial charge in [0.25, 0.3) is 0 Å². The maximum atomic E-state index is 11.3. The third-order valence-corrected chi connectivity index (χ3v) is 2.39. The molecule has 0 amide bonds. The average molecular weight is 203 g/mol. The quantitative estimate of drug-likeness (QED) is 0.772. The fourth-order valence-electron chi connectivity index (χ4n) is 1.68. The molecule has 0 radical (unpaired) electrons. The Labute approximate surface area is 87.5 Å². The summed E-state index contributed by atoms with van der Waals surface area (Å²) in [5.41, 5.74) is 6.84. The zero-order valence-corrected chi connectivity index (χ0v) is 8.40. The highest BCUT2D eigenvalue weighted by Crippen LogP contribution is 2.17. The van der Waals surface area contributed by atoms with Gasteiger partial charge in [0.2, 0.25) is 0 Å². The zero-order valence-electron chi connectivity index (χ0n) is 8.40. The van der Waals surface area contributed by atoms with Gasteiger partial charge in [0.1, 0.15) is 5.58 Å². The number of rotatable bonds is 3. The molecule has 78 valence electrons. The summed E-state index contributed by atoms with van der Waals surface area (Å²) in [4.78, 5) is 11.3. The van der Waals surface area contributed by atoms with Crippen LogP contribution in [0.2, 0.25) is 0 Å². The molecule has 3 heteroatoms. The van der Waals surface area contributed by atoms with E-state index >= 15 is 0 Å². The molecular weight excluding hydrogens is 190 g/mol. The highest BCUT2D eigenvalue weighted by atomic mass is 16.4. The van der Waals surface area contributed by atoms with Crippen molar-refractivity contribution >= 4 is 11.0 Å². The van der Waals surface area contributed by atoms with Gasteiger partial charge >= 0.3 is 5.63 Å². The molecule has 15 heavy (non-hydrogen) atoms. The normalized spacial score (nSPS) is 10.7. The van der Waals surface area contributed by atoms with Crippen molar-refractivity contribution in [2.24, 2.45) is 5.73 Å². The SMILES string of the molecule is NCCCc1cc(=O)oc2ccccc12. The van der Waals surface area contributed by atoms with E-state index in [0.717, 1.165) is 23.8 Å². The molecule has 1 aromatic carbocycles. The van der Waals surface area contributed by atoms with E-state index in [-0.39, 0.29) is 5.63 Å². The van der Waals surface area contributed by atoms with Crippen molar-refractivity contribution in [3.63, 3.8) is 0 Å². The van der Waals surface area contributed by atoms with Crippen molar-refractivity contribution < 1.29 is 4.42 Å². The molecule has 0 atom stereocenters. The zero-order chi connectivity index (χ0) is 10.7. The number of nitrogens with two attached hydrogens (primary N) is 1. The molecule has 1 aromatic heterocycles. The van der Waals surface area contributed by atoms with E-state index in [9.17, 15) is 4.79 Å². The van der Waals surface area contributed by atoms with E-state index in [2.05, 4.69) is 0 Å². The topological polar surface area (TPSA) is 56.2 Å². The van der Waals surface area contributed by atoms with E-state index in [1.807, 2.05) is 24.3 Å². The van der Waals surface area contributed by atoms with Crippen molar-refractivity contribution in [2.75, 3.05) is 6.54 Å². The average Bonchev–Trinajstić information content (AvgIpc) is 2.25. The van der Waals surface area contributed by atoms with Crippen molar-refractivity contribution in [3.8, 4) is 0 Å². The van der Waals surface area contributed by atoms with Crippen LogP contribution < -0.4 is 11.4 Å². The smallest absolute Gasteiger partial charge is 0.336 e. The highest BCUT2D eigenvalue weighted by molar-refractivity contribution is 5.79. The van der Waals surface area contributed by atoms with Crippen molar-refractivity contribution in [3.05, 3.63) is 46.3 Å². The van der Waals surface area contributed by atoms with Gasteiger partial charge in [0.05, 0.1) is 0 Å². The molecule has 0 saturated carbocycles. The molecule has 2 aromatic rings. The summed E-state index contributed by atoms with van der Waals surface area (Å²) in [6.07, 6.45) is 1.70. The molecule has 0 fully saturated rings. The van der Waals surface area contributed by atoms with E-state index < -0.39 is 0 Å². The molecule has 0 unspecified atom stereocenters. The summed E-state index contributed by atoms with van der Waals surface area (Å²) < 4.78 is 5.10. The van der Waals surface area contributed by atoms with Crippen molar-refractivity contribution in [1.29, 1.82) is 0 Å². The van der Waals surface area contributed by atoms with Gasteiger partial charge in [-0.25, -0.2) is 4.79 Å². The lowest BCUT2D eigenvalue weighted by atomic mass is 10.1. The van der Waals surface area contributed by atoms with Gasteiger partial charge in [-0.1, -0.05) is 18.2 Å². The minimum Gasteiger partial charge on any atom is -0.423 e. The second-order valence-corrected chi connectivity index (χ2v) is 3.48. The standard InChI is InChI=1S/C12H13NO2/c13-7-3-4-9-8-12(14)15-11-6-2-1-5-10(9)11/h1-2,5-6,8H,3-4,7,13H2. The fraction of sp³-hybridized carbons (Fsp3) is 0.250. The Kier molecular flexibility index (Phi) is 2.83. The lowest BCUT2D eigenvalue weighted by Crippen LogP contribution is -2.04. The first kappa shape index (κ1) is 9.93. The predicted octanol–water partition coefficient (Wildman–Crippen LogP) is 1.68. The van der Waals surface area contributed by atoms with Gasteiger partial charge in [0, 0.05) is 11.5 Å². The van der Waals surface area contributed by atoms with Crippen LogP contribution >= 0.6 is 0 Å². The van der Waals surface area contributed by atoms with Crippen LogP contribution in [0.1, 0.15) is 12.0 Å². The molecule has 2 N–H and O–H groups in total. The largest absolute Gasteiger partial charge is 0.423 e. The summed E-state index contributed by atoms with van der Waals surface area (Å²) in [6.45, 7) is 0.633. The van der Waals surface area contributed by atoms with Crippen LogP contribution in [0, 0.1) is 0 Å². The van der Waals surface area contributed by atoms with Crippen molar-refractivity contribution in [1.82, 2.24) is 0 Å². The molecule has 3 nitrogen and oxygen atoms in total. The molecule has 1 heterocycles. The second-order valence-electron chi connectivity index (χ2n) is 3.48. The van der Waals surface area contributed by atoms with Gasteiger partial charge < -0.3 is 10.2 Å². The first-order chi connectivity index (χ1) is 7.31. The van der Waals surface area contributed by atoms with E-state index in [0.29, 0.717) is 12.1 Å². The lowest BCUT2D eigenvalue weighted by Gasteiger charge is -2.03. The first-order valence-corrected chi connectivity index (χ1v) is 5.03. The van der Waals surface area contributed by atoms with E-state index in [4.69, 9.17) is 10.2 Å². The molecule has 0 aliphatic heterocycles. The van der Waals surface area contributed by atoms with E-state index in [1.54, 1.807) is 6.07 Å². The molecule has 0 saturated heterocycles. The van der Waals surface area contributed by atoms with Crippen LogP contribution in [0.15, 0.2) is 39.5 Å². The van der Waals surface area contributed by atoms with Crippen LogP contribution in [-0.2, 0) is 6.42 Å². The predicted molar refractivity (Wildman–Crippen MR) is 59.9 cm³/mol. The molecule has 0 aliphatic rings. The third kappa shape index (κ3) is 2.07. The van der Waals surface area contributed by atoms with Gasteiger partial charge in [-0.15, -0.1) is 0 Å². The number of para-hydroxylation sites is 1. The molecular formula is C12H13NO2. The minimum atomic E-state index is -0.291. The van der Waals surface area contributed by atoms with Crippen LogP contribution in [-0.4, -0.2) is 6.54 Å². The molecule has 0 spiro atoms. The highest BCUT2D eigenvalue weighted by Gasteiger charge is 2.03. The summed E-state index contributed by atoms with van der Waals surface area (Å²) >= 11 is 0. The molecule has 0 aliphatic carbocycles. The summed E-state index contributed by atoms with van der Waals surface area (Å²) in [5, 5.41) is 1.01. The van der Waals surface area contributed by atoms with Gasteiger partial charge in [0.15, 0.2) is 0 Å². The molecule has 0 bridgehead atoms. The fourth-order valence-corrected chi connectivity index (χ4v) is 1.68. The summed E-state index contributed by atoms with van der Waals surface area (Å²) in [6, 6.07) is 9.12. The Morgan fingerprint density at radius 2 is 2.07 bits per heavy atom. The number of hydrogen-bond acceptors (Lipinski definition) is 3. The number of aryl methyl sites for hydroxylation is 1. The van der Waals surface area contributed by atoms with Gasteiger partial charge in [-0.3, -0.25) is 0 Å². The number of fused-ring (bicyclic) bond motifs is 1. The van der Waals surface area contributed by atoms with Gasteiger partial charge in [-0.05, 0) is 31.0 Å². The number of hydrogen-bond donors (Lipinski definition) is 1. The van der Waals surface area contributed by atoms with Crippen LogP contribution in [0.4, 0.5) is 0 Å². The minimum absolute atomic E-state index is 0.291. The first-order valence-electron chi connectivity index (χ1n) is 5.03. The number of benzene rings is 1. The van der Waals surface area contributed by atoms with E-state index in [1.165, 1.54) is 0 Å². The monoisotopic (exact) mass is 203 g/mol.